The van der Waals surface area contributed by atoms with E-state index in [-0.39, 0.29) is 23.3 Å². The minimum absolute atomic E-state index is 0.0947. The molecule has 0 fully saturated rings. The Morgan fingerprint density at radius 1 is 0.900 bits per heavy atom. The molecular weight excluding hydrogens is 542 g/mol. The van der Waals surface area contributed by atoms with Crippen molar-refractivity contribution >= 4 is 39.3 Å². The number of hydrogen-bond donors (Lipinski definition) is 1. The molecule has 2 amide bonds. The number of thioether (sulfide) groups is 1. The van der Waals surface area contributed by atoms with Gasteiger partial charge in [0.05, 0.1) is 10.6 Å². The summed E-state index contributed by atoms with van der Waals surface area (Å²) in [6, 6.07) is 22.6. The maximum absolute atomic E-state index is 13.9. The minimum atomic E-state index is -4.08. The van der Waals surface area contributed by atoms with E-state index in [2.05, 4.69) is 5.32 Å². The predicted octanol–water partition coefficient (Wildman–Crippen LogP) is 5.14. The van der Waals surface area contributed by atoms with Gasteiger partial charge in [0.1, 0.15) is 12.6 Å². The summed E-state index contributed by atoms with van der Waals surface area (Å²) in [5.74, 6) is -0.468. The van der Waals surface area contributed by atoms with E-state index in [1.54, 1.807) is 43.3 Å². The van der Waals surface area contributed by atoms with Gasteiger partial charge in [0.2, 0.25) is 11.8 Å². The van der Waals surface area contributed by atoms with E-state index in [0.29, 0.717) is 18.7 Å². The van der Waals surface area contributed by atoms with Crippen molar-refractivity contribution in [1.29, 1.82) is 0 Å². The van der Waals surface area contributed by atoms with Crippen LogP contribution in [0.1, 0.15) is 31.9 Å². The molecule has 1 N–H and O–H groups in total. The minimum Gasteiger partial charge on any atom is -0.354 e. The molecule has 3 rings (SSSR count). The van der Waals surface area contributed by atoms with E-state index in [4.69, 9.17) is 0 Å². The smallest absolute Gasteiger partial charge is 0.264 e. The van der Waals surface area contributed by atoms with Crippen molar-refractivity contribution in [2.24, 2.45) is 5.92 Å². The molecule has 0 aliphatic heterocycles. The van der Waals surface area contributed by atoms with Gasteiger partial charge in [0.15, 0.2) is 0 Å². The fourth-order valence-corrected chi connectivity index (χ4v) is 5.96. The lowest BCUT2D eigenvalue weighted by Gasteiger charge is -2.32. The number of rotatable bonds is 13. The lowest BCUT2D eigenvalue weighted by Crippen LogP contribution is -2.52. The van der Waals surface area contributed by atoms with E-state index < -0.39 is 28.5 Å². The van der Waals surface area contributed by atoms with E-state index in [1.165, 1.54) is 16.7 Å². The highest BCUT2D eigenvalue weighted by atomic mass is 32.2. The van der Waals surface area contributed by atoms with Gasteiger partial charge in [0, 0.05) is 18.0 Å². The van der Waals surface area contributed by atoms with Crippen molar-refractivity contribution in [2.75, 3.05) is 30.2 Å². The number of nitrogens with one attached hydrogen (secondary N) is 1. The molecule has 9 heteroatoms. The van der Waals surface area contributed by atoms with Gasteiger partial charge in [0.25, 0.3) is 10.0 Å². The van der Waals surface area contributed by atoms with Crippen molar-refractivity contribution in [3.05, 3.63) is 90.0 Å². The van der Waals surface area contributed by atoms with Crippen LogP contribution < -0.4 is 9.62 Å². The van der Waals surface area contributed by atoms with Crippen molar-refractivity contribution in [2.45, 2.75) is 49.9 Å². The highest BCUT2D eigenvalue weighted by Gasteiger charge is 2.32. The van der Waals surface area contributed by atoms with Crippen LogP contribution in [0.3, 0.4) is 0 Å². The molecule has 0 bridgehead atoms. The zero-order valence-corrected chi connectivity index (χ0v) is 25.5. The Morgan fingerprint density at radius 2 is 1.52 bits per heavy atom. The fourth-order valence-electron chi connectivity index (χ4n) is 4.14. The number of aryl methyl sites for hydroxylation is 1. The third-order valence-corrected chi connectivity index (χ3v) is 9.12. The SMILES string of the molecule is CSc1ccc(S(=O)(=O)N(CC(=O)N(CCc2ccccc2)[C@H](C)C(=O)NCC(C)C)c2ccc(C)cc2)cc1. The van der Waals surface area contributed by atoms with Crippen LogP contribution in [0.5, 0.6) is 0 Å². The summed E-state index contributed by atoms with van der Waals surface area (Å²) in [7, 11) is -4.08. The van der Waals surface area contributed by atoms with Crippen molar-refractivity contribution < 1.29 is 18.0 Å². The molecule has 1 atom stereocenters. The van der Waals surface area contributed by atoms with E-state index in [0.717, 1.165) is 20.3 Å². The summed E-state index contributed by atoms with van der Waals surface area (Å²) in [6.45, 7) is 7.91. The van der Waals surface area contributed by atoms with Gasteiger partial charge < -0.3 is 10.2 Å². The first-order valence-corrected chi connectivity index (χ1v) is 16.0. The van der Waals surface area contributed by atoms with Crippen LogP contribution in [0.15, 0.2) is 88.7 Å². The van der Waals surface area contributed by atoms with Crippen molar-refractivity contribution in [1.82, 2.24) is 10.2 Å². The van der Waals surface area contributed by atoms with Crippen LogP contribution in [0.4, 0.5) is 5.69 Å². The summed E-state index contributed by atoms with van der Waals surface area (Å²) in [5.41, 5.74) is 2.37. The Kier molecular flexibility index (Phi) is 11.2. The number of hydrogen-bond acceptors (Lipinski definition) is 5. The van der Waals surface area contributed by atoms with Crippen LogP contribution >= 0.6 is 11.8 Å². The van der Waals surface area contributed by atoms with Gasteiger partial charge in [-0.15, -0.1) is 11.8 Å². The Bertz CT molecular complexity index is 1360. The van der Waals surface area contributed by atoms with Gasteiger partial charge in [-0.2, -0.15) is 0 Å². The molecule has 0 unspecified atom stereocenters. The molecule has 3 aromatic rings. The Balaban J connectivity index is 1.95. The van der Waals surface area contributed by atoms with Crippen LogP contribution in [-0.2, 0) is 26.0 Å². The summed E-state index contributed by atoms with van der Waals surface area (Å²) >= 11 is 1.52. The molecular formula is C31H39N3O4S2. The van der Waals surface area contributed by atoms with Gasteiger partial charge in [-0.1, -0.05) is 61.9 Å². The van der Waals surface area contributed by atoms with Crippen LogP contribution in [0, 0.1) is 12.8 Å². The number of carbonyl (C=O) groups is 2. The van der Waals surface area contributed by atoms with Gasteiger partial charge in [-0.3, -0.25) is 13.9 Å². The fraction of sp³-hybridized carbons (Fsp3) is 0.355. The predicted molar refractivity (Wildman–Crippen MR) is 163 cm³/mol. The van der Waals surface area contributed by atoms with Crippen molar-refractivity contribution in [3.63, 3.8) is 0 Å². The summed E-state index contributed by atoms with van der Waals surface area (Å²) in [6.07, 6.45) is 2.45. The Hall–Kier alpha value is -3.30. The standard InChI is InChI=1S/C31H39N3O4S2/c1-23(2)21-32-31(36)25(4)33(20-19-26-9-7-6-8-10-26)30(35)22-34(27-13-11-24(3)12-14-27)40(37,38)29-17-15-28(39-5)16-18-29/h6-18,23,25H,19-22H2,1-5H3,(H,32,36)/t25-/m1/s1. The van der Waals surface area contributed by atoms with Crippen LogP contribution in [0.25, 0.3) is 0 Å². The van der Waals surface area contributed by atoms with E-state index in [1.807, 2.05) is 69.5 Å². The summed E-state index contributed by atoms with van der Waals surface area (Å²) in [5, 5.41) is 2.91. The number of benzene rings is 3. The van der Waals surface area contributed by atoms with Gasteiger partial charge >= 0.3 is 0 Å². The molecule has 0 saturated carbocycles. The van der Waals surface area contributed by atoms with Crippen LogP contribution in [0.2, 0.25) is 0 Å². The van der Waals surface area contributed by atoms with Crippen molar-refractivity contribution in [3.8, 4) is 0 Å². The molecule has 0 aliphatic carbocycles. The number of amides is 2. The quantitative estimate of drug-likeness (QED) is 0.283. The van der Waals surface area contributed by atoms with Gasteiger partial charge in [-0.05, 0) is 74.4 Å². The second-order valence-electron chi connectivity index (χ2n) is 10.2. The zero-order valence-electron chi connectivity index (χ0n) is 23.8. The molecule has 0 radical (unpaired) electrons. The normalized spacial score (nSPS) is 12.2. The largest absolute Gasteiger partial charge is 0.354 e. The lowest BCUT2D eigenvalue weighted by molar-refractivity contribution is -0.138. The van der Waals surface area contributed by atoms with Crippen LogP contribution in [-0.4, -0.2) is 57.1 Å². The molecule has 40 heavy (non-hydrogen) atoms. The molecule has 3 aromatic carbocycles. The molecule has 0 aromatic heterocycles. The molecule has 0 heterocycles. The topological polar surface area (TPSA) is 86.8 Å². The number of sulfonamides is 1. The monoisotopic (exact) mass is 581 g/mol. The van der Waals surface area contributed by atoms with Gasteiger partial charge in [-0.25, -0.2) is 8.42 Å². The maximum Gasteiger partial charge on any atom is 0.264 e. The molecule has 0 aliphatic rings. The lowest BCUT2D eigenvalue weighted by atomic mass is 10.1. The second kappa shape index (κ2) is 14.4. The maximum atomic E-state index is 13.9. The first-order chi connectivity index (χ1) is 19.0. The number of nitrogens with zero attached hydrogens (tertiary/aromatic N) is 2. The molecule has 0 saturated heterocycles. The molecule has 0 spiro atoms. The molecule has 214 valence electrons. The number of carbonyl (C=O) groups excluding carboxylic acids is 2. The van der Waals surface area contributed by atoms with E-state index in [9.17, 15) is 18.0 Å². The first-order valence-electron chi connectivity index (χ1n) is 13.4. The first kappa shape index (κ1) is 31.2. The number of anilines is 1. The second-order valence-corrected chi connectivity index (χ2v) is 12.9. The summed E-state index contributed by atoms with van der Waals surface area (Å²) < 4.78 is 28.9. The highest BCUT2D eigenvalue weighted by Crippen LogP contribution is 2.26. The Morgan fingerprint density at radius 3 is 2.10 bits per heavy atom. The summed E-state index contributed by atoms with van der Waals surface area (Å²) in [4.78, 5) is 29.5. The highest BCUT2D eigenvalue weighted by molar-refractivity contribution is 7.98. The third kappa shape index (κ3) is 8.35. The Labute approximate surface area is 243 Å². The third-order valence-electron chi connectivity index (χ3n) is 6.58. The van der Waals surface area contributed by atoms with E-state index >= 15 is 0 Å². The molecule has 7 nitrogen and oxygen atoms in total. The zero-order chi connectivity index (χ0) is 29.3. The average molecular weight is 582 g/mol. The average Bonchev–Trinajstić information content (AvgIpc) is 2.95.